The first-order chi connectivity index (χ1) is 39.4. The standard InChI is InChI=1S/C22H24ClN3O.C22H23ClN2O2.C21H25ClN2O3.2ClH/c1-25-13-4-5-18(12-14-25)26-22(27)20-7-3-2-6-19(20)21(24-26)15-16-8-10-17(23)11-9-16;1-2-27-22(26)25-12-9-15(10-13-25)20-19-8-7-18(23)14-17(19)6-5-16-4-3-11-24-21(16)20;22-19-8-6-18(7-9-19)21(17-4-2-1-3-5-17)24-12-10-23(11-13-24)14-15-27-16-20(25)26;;/h2-3,6-11,18H,4-5,12-15H2,1H3;3-4,7-8,11,14H,2,5-6,9-10,12-13H2,1H3;1-9,21H,10-16H2,(H,25,26);2*1H. The van der Waals surface area contributed by atoms with E-state index in [0.29, 0.717) is 32.7 Å². The molecule has 0 radical (unpaired) electrons. The third kappa shape index (κ3) is 17.4. The number of piperazine rings is 1. The van der Waals surface area contributed by atoms with Crippen molar-refractivity contribution in [2.45, 2.75) is 70.4 Å². The number of fused-ring (bicyclic) bond motifs is 3. The fraction of sp³-hybridized carbons (Fsp3) is 0.369. The van der Waals surface area contributed by atoms with E-state index in [1.54, 1.807) is 9.58 Å². The molecule has 3 saturated heterocycles. The highest BCUT2D eigenvalue weighted by Gasteiger charge is 2.29. The zero-order valence-corrected chi connectivity index (χ0v) is 51.0. The largest absolute Gasteiger partial charge is 0.480 e. The van der Waals surface area contributed by atoms with Gasteiger partial charge in [-0.05, 0) is 154 Å². The SMILES string of the molecule is CCOC(=O)N1CCC(=C2c3ccc(Cl)cc3CCc3cccnc32)CC1.CN1CCCC(n2nc(Cc3ccc(Cl)cc3)c3ccccc3c2=O)CC1.Cl.Cl.O=C(O)COCCN1CCN(C(c2ccccc2)c2ccc(Cl)cc2)CC1. The van der Waals surface area contributed by atoms with Crippen molar-refractivity contribution in [3.8, 4) is 0 Å². The molecule has 7 aromatic rings. The zero-order chi connectivity index (χ0) is 56.7. The van der Waals surface area contributed by atoms with Gasteiger partial charge in [-0.3, -0.25) is 19.6 Å². The molecule has 5 aromatic carbocycles. The van der Waals surface area contributed by atoms with Crippen LogP contribution in [0, 0.1) is 0 Å². The topological polar surface area (TPSA) is 134 Å². The number of halogens is 5. The van der Waals surface area contributed by atoms with Crippen molar-refractivity contribution in [2.75, 3.05) is 85.8 Å². The van der Waals surface area contributed by atoms with E-state index in [-0.39, 0.29) is 55.2 Å². The molecule has 0 bridgehead atoms. The van der Waals surface area contributed by atoms with Crippen LogP contribution >= 0.6 is 59.6 Å². The number of piperidine rings is 1. The predicted molar refractivity (Wildman–Crippen MR) is 338 cm³/mol. The number of carbonyl (C=O) groups excluding carboxylic acids is 1. The Hall–Kier alpha value is -5.84. The second-order valence-electron chi connectivity index (χ2n) is 21.1. The molecular formula is C65H74Cl5N7O6. The molecule has 4 aliphatic rings. The molecule has 83 heavy (non-hydrogen) atoms. The average Bonchev–Trinajstić information content (AvgIpc) is 3.70. The molecule has 1 aliphatic carbocycles. The van der Waals surface area contributed by atoms with Crippen molar-refractivity contribution in [1.29, 1.82) is 0 Å². The summed E-state index contributed by atoms with van der Waals surface area (Å²) in [5, 5.41) is 17.4. The molecule has 1 N–H and O–H groups in total. The highest BCUT2D eigenvalue weighted by Crippen LogP contribution is 2.39. The van der Waals surface area contributed by atoms with Crippen LogP contribution in [0.5, 0.6) is 0 Å². The van der Waals surface area contributed by atoms with Gasteiger partial charge >= 0.3 is 12.1 Å². The van der Waals surface area contributed by atoms with Crippen LogP contribution in [-0.4, -0.2) is 137 Å². The van der Waals surface area contributed by atoms with Gasteiger partial charge in [0.2, 0.25) is 0 Å². The molecule has 1 amide bonds. The molecular weight excluding hydrogens is 1150 g/mol. The van der Waals surface area contributed by atoms with E-state index in [1.807, 2.05) is 92.0 Å². The molecule has 2 aromatic heterocycles. The number of carbonyl (C=O) groups is 2. The van der Waals surface area contributed by atoms with Gasteiger partial charge < -0.3 is 24.4 Å². The minimum atomic E-state index is -0.923. The normalized spacial score (nSPS) is 16.9. The number of hydrogen-bond acceptors (Lipinski definition) is 10. The van der Waals surface area contributed by atoms with Crippen molar-refractivity contribution >= 4 is 88.0 Å². The molecule has 5 heterocycles. The Balaban J connectivity index is 0.000000177. The molecule has 440 valence electrons. The summed E-state index contributed by atoms with van der Waals surface area (Å²) in [6.45, 7) is 10.4. The lowest BCUT2D eigenvalue weighted by atomic mass is 9.88. The third-order valence-electron chi connectivity index (χ3n) is 15.7. The first-order valence-electron chi connectivity index (χ1n) is 28.3. The smallest absolute Gasteiger partial charge is 0.409 e. The van der Waals surface area contributed by atoms with E-state index in [2.05, 4.69) is 76.3 Å². The predicted octanol–water partition coefficient (Wildman–Crippen LogP) is 13.2. The van der Waals surface area contributed by atoms with Crippen LogP contribution in [-0.2, 0) is 33.5 Å². The number of aromatic nitrogens is 3. The van der Waals surface area contributed by atoms with E-state index in [9.17, 15) is 14.4 Å². The summed E-state index contributed by atoms with van der Waals surface area (Å²) in [5.41, 5.74) is 12.1. The Morgan fingerprint density at radius 1 is 0.699 bits per heavy atom. The Morgan fingerprint density at radius 3 is 2.05 bits per heavy atom. The van der Waals surface area contributed by atoms with Gasteiger partial charge in [0.25, 0.3) is 5.56 Å². The van der Waals surface area contributed by atoms with Crippen LogP contribution in [0.15, 0.2) is 150 Å². The van der Waals surface area contributed by atoms with E-state index >= 15 is 0 Å². The fourth-order valence-corrected chi connectivity index (χ4v) is 11.9. The first kappa shape index (κ1) is 64.7. The molecule has 11 rings (SSSR count). The van der Waals surface area contributed by atoms with Crippen LogP contribution in [0.3, 0.4) is 0 Å². The van der Waals surface area contributed by atoms with E-state index in [1.165, 1.54) is 39.0 Å². The number of amides is 1. The molecule has 0 saturated carbocycles. The average molecular weight is 1230 g/mol. The third-order valence-corrected chi connectivity index (χ3v) is 16.4. The van der Waals surface area contributed by atoms with Crippen molar-refractivity contribution in [1.82, 2.24) is 34.4 Å². The summed E-state index contributed by atoms with van der Waals surface area (Å²) in [6, 6.07) is 45.0. The number of rotatable bonds is 12. The number of hydrogen-bond donors (Lipinski definition) is 1. The van der Waals surface area contributed by atoms with Gasteiger partial charge in [-0.2, -0.15) is 5.10 Å². The molecule has 3 fully saturated rings. The number of benzene rings is 5. The van der Waals surface area contributed by atoms with Crippen LogP contribution in [0.4, 0.5) is 4.79 Å². The lowest BCUT2D eigenvalue weighted by molar-refractivity contribution is -0.142. The second kappa shape index (κ2) is 31.9. The van der Waals surface area contributed by atoms with Gasteiger partial charge in [0.05, 0.1) is 42.1 Å². The molecule has 2 atom stereocenters. The summed E-state index contributed by atoms with van der Waals surface area (Å²) in [5.74, 6) is -0.923. The quantitative estimate of drug-likeness (QED) is 0.117. The minimum Gasteiger partial charge on any atom is -0.480 e. The Kier molecular flexibility index (Phi) is 24.9. The van der Waals surface area contributed by atoms with Crippen molar-refractivity contribution < 1.29 is 24.2 Å². The molecule has 3 aliphatic heterocycles. The Bertz CT molecular complexity index is 3310. The highest BCUT2D eigenvalue weighted by molar-refractivity contribution is 6.31. The number of carboxylic acids is 1. The summed E-state index contributed by atoms with van der Waals surface area (Å²) in [6.07, 6.45) is 8.99. The monoisotopic (exact) mass is 1220 g/mol. The minimum absolute atomic E-state index is 0. The summed E-state index contributed by atoms with van der Waals surface area (Å²) in [4.78, 5) is 49.4. The number of pyridine rings is 1. The molecule has 0 spiro atoms. The number of likely N-dealkylation sites (tertiary alicyclic amines) is 2. The number of ether oxygens (including phenoxy) is 2. The van der Waals surface area contributed by atoms with Crippen molar-refractivity contribution in [3.63, 3.8) is 0 Å². The maximum Gasteiger partial charge on any atom is 0.409 e. The van der Waals surface area contributed by atoms with Crippen molar-refractivity contribution in [3.05, 3.63) is 215 Å². The lowest BCUT2D eigenvalue weighted by Gasteiger charge is -2.39. The van der Waals surface area contributed by atoms with Gasteiger partial charge in [0.1, 0.15) is 6.61 Å². The van der Waals surface area contributed by atoms with E-state index in [4.69, 9.17) is 59.5 Å². The lowest BCUT2D eigenvalue weighted by Crippen LogP contribution is -2.48. The van der Waals surface area contributed by atoms with E-state index in [0.717, 1.165) is 134 Å². The Morgan fingerprint density at radius 2 is 1.35 bits per heavy atom. The summed E-state index contributed by atoms with van der Waals surface area (Å²) >= 11 is 18.4. The fourth-order valence-electron chi connectivity index (χ4n) is 11.5. The Labute approximate surface area is 515 Å². The van der Waals surface area contributed by atoms with Gasteiger partial charge in [-0.15, -0.1) is 24.8 Å². The second-order valence-corrected chi connectivity index (χ2v) is 22.4. The van der Waals surface area contributed by atoms with Gasteiger partial charge in [0.15, 0.2) is 0 Å². The zero-order valence-electron chi connectivity index (χ0n) is 47.1. The maximum atomic E-state index is 13.1. The number of aliphatic carboxylic acids is 1. The van der Waals surface area contributed by atoms with Crippen LogP contribution in [0.1, 0.15) is 95.9 Å². The van der Waals surface area contributed by atoms with Crippen molar-refractivity contribution in [2.24, 2.45) is 0 Å². The molecule has 18 heteroatoms. The molecule has 13 nitrogen and oxygen atoms in total. The number of aryl methyl sites for hydroxylation is 2. The van der Waals surface area contributed by atoms with E-state index < -0.39 is 5.97 Å². The first-order valence-corrected chi connectivity index (χ1v) is 29.4. The summed E-state index contributed by atoms with van der Waals surface area (Å²) < 4.78 is 12.1. The van der Waals surface area contributed by atoms with Crippen LogP contribution in [0.2, 0.25) is 15.1 Å². The number of carboxylic acid groups (broad SMARTS) is 1. The highest BCUT2D eigenvalue weighted by atomic mass is 35.5. The van der Waals surface area contributed by atoms with Crippen LogP contribution in [0.25, 0.3) is 16.3 Å². The van der Waals surface area contributed by atoms with Gasteiger partial charge in [-0.25, -0.2) is 14.3 Å². The molecule has 2 unspecified atom stereocenters. The summed E-state index contributed by atoms with van der Waals surface area (Å²) in [7, 11) is 2.14. The van der Waals surface area contributed by atoms with Gasteiger partial charge in [-0.1, -0.05) is 125 Å². The van der Waals surface area contributed by atoms with Gasteiger partial charge in [0, 0.05) is 84.5 Å². The maximum absolute atomic E-state index is 13.1. The van der Waals surface area contributed by atoms with Crippen LogP contribution < -0.4 is 5.56 Å². The number of nitrogens with zero attached hydrogens (tertiary/aromatic N) is 7.